The molecule has 0 fully saturated rings. The lowest BCUT2D eigenvalue weighted by Crippen LogP contribution is -2.17. The van der Waals surface area contributed by atoms with Gasteiger partial charge in [0.25, 0.3) is 0 Å². The van der Waals surface area contributed by atoms with Crippen LogP contribution in [0.1, 0.15) is 24.2 Å². The second-order valence-electron chi connectivity index (χ2n) is 4.20. The molecule has 0 spiro atoms. The van der Waals surface area contributed by atoms with Gasteiger partial charge in [-0.3, -0.25) is 4.68 Å². The van der Waals surface area contributed by atoms with E-state index >= 15 is 0 Å². The molecule has 5 heteroatoms. The van der Waals surface area contributed by atoms with Gasteiger partial charge in [-0.15, -0.1) is 0 Å². The number of benzene rings is 1. The summed E-state index contributed by atoms with van der Waals surface area (Å²) in [5.41, 5.74) is 8.22. The lowest BCUT2D eigenvalue weighted by Gasteiger charge is -2.16. The Labute approximate surface area is 112 Å². The Bertz CT molecular complexity index is 529. The zero-order valence-corrected chi connectivity index (χ0v) is 11.5. The summed E-state index contributed by atoms with van der Waals surface area (Å²) < 4.78 is 12.4. The van der Waals surface area contributed by atoms with Crippen LogP contribution in [0.4, 0.5) is 0 Å². The summed E-state index contributed by atoms with van der Waals surface area (Å²) in [6.45, 7) is 2.83. The lowest BCUT2D eigenvalue weighted by molar-refractivity contribution is 0.393. The molecule has 2 N–H and O–H groups in total. The van der Waals surface area contributed by atoms with Gasteiger partial charge in [-0.25, -0.2) is 0 Å². The lowest BCUT2D eigenvalue weighted by atomic mass is 10.0. The summed E-state index contributed by atoms with van der Waals surface area (Å²) in [7, 11) is 3.25. The average Bonchev–Trinajstić information content (AvgIpc) is 2.94. The van der Waals surface area contributed by atoms with Crippen molar-refractivity contribution in [1.82, 2.24) is 9.78 Å². The molecule has 0 saturated heterocycles. The van der Waals surface area contributed by atoms with Crippen LogP contribution in [-0.4, -0.2) is 24.0 Å². The number of hydrogen-bond acceptors (Lipinski definition) is 4. The number of methoxy groups -OCH3 is 2. The molecule has 1 atom stereocenters. The summed E-state index contributed by atoms with van der Waals surface area (Å²) >= 11 is 0. The number of aryl methyl sites for hydroxylation is 1. The minimum absolute atomic E-state index is 0.258. The SMILES string of the molecule is CCn1nccc1C(N)c1cc(OC)cc(OC)c1. The zero-order chi connectivity index (χ0) is 13.8. The standard InChI is InChI=1S/C14H19N3O2/c1-4-17-13(5-6-16-17)14(15)10-7-11(18-2)9-12(8-10)19-3/h5-9,14H,4,15H2,1-3H3. The molecular formula is C14H19N3O2. The molecule has 1 unspecified atom stereocenters. The first-order valence-corrected chi connectivity index (χ1v) is 6.19. The van der Waals surface area contributed by atoms with Crippen molar-refractivity contribution in [3.8, 4) is 11.5 Å². The van der Waals surface area contributed by atoms with Gasteiger partial charge >= 0.3 is 0 Å². The van der Waals surface area contributed by atoms with Gasteiger partial charge < -0.3 is 15.2 Å². The van der Waals surface area contributed by atoms with E-state index in [4.69, 9.17) is 15.2 Å². The van der Waals surface area contributed by atoms with E-state index in [0.717, 1.165) is 29.3 Å². The van der Waals surface area contributed by atoms with Crippen molar-refractivity contribution in [2.24, 2.45) is 5.73 Å². The molecule has 1 aromatic heterocycles. The second-order valence-corrected chi connectivity index (χ2v) is 4.20. The van der Waals surface area contributed by atoms with Crippen LogP contribution < -0.4 is 15.2 Å². The molecule has 5 nitrogen and oxygen atoms in total. The van der Waals surface area contributed by atoms with Gasteiger partial charge in [0.05, 0.1) is 26.0 Å². The fourth-order valence-electron chi connectivity index (χ4n) is 2.05. The van der Waals surface area contributed by atoms with Crippen molar-refractivity contribution in [3.05, 3.63) is 41.7 Å². The first kappa shape index (κ1) is 13.4. The van der Waals surface area contributed by atoms with Crippen LogP contribution >= 0.6 is 0 Å². The number of nitrogens with two attached hydrogens (primary N) is 1. The van der Waals surface area contributed by atoms with E-state index in [1.807, 2.05) is 35.9 Å². The summed E-state index contributed by atoms with van der Waals surface area (Å²) in [6.07, 6.45) is 1.76. The molecule has 0 radical (unpaired) electrons. The summed E-state index contributed by atoms with van der Waals surface area (Å²) in [4.78, 5) is 0. The monoisotopic (exact) mass is 261 g/mol. The molecule has 2 aromatic rings. The Morgan fingerprint density at radius 1 is 1.21 bits per heavy atom. The van der Waals surface area contributed by atoms with E-state index in [-0.39, 0.29) is 6.04 Å². The Morgan fingerprint density at radius 2 is 1.84 bits per heavy atom. The topological polar surface area (TPSA) is 62.3 Å². The van der Waals surface area contributed by atoms with Gasteiger partial charge in [0, 0.05) is 18.8 Å². The van der Waals surface area contributed by atoms with Crippen LogP contribution in [-0.2, 0) is 6.54 Å². The third-order valence-electron chi connectivity index (χ3n) is 3.10. The third kappa shape index (κ3) is 2.71. The predicted molar refractivity (Wildman–Crippen MR) is 73.5 cm³/mol. The molecular weight excluding hydrogens is 242 g/mol. The Balaban J connectivity index is 2.40. The van der Waals surface area contributed by atoms with Crippen LogP contribution in [0.15, 0.2) is 30.5 Å². The van der Waals surface area contributed by atoms with Gasteiger partial charge in [-0.1, -0.05) is 0 Å². The normalized spacial score (nSPS) is 12.2. The number of hydrogen-bond donors (Lipinski definition) is 1. The van der Waals surface area contributed by atoms with Gasteiger partial charge in [-0.2, -0.15) is 5.10 Å². The number of aromatic nitrogens is 2. The summed E-state index contributed by atoms with van der Waals surface area (Å²) in [5, 5.41) is 4.24. The van der Waals surface area contributed by atoms with Crippen LogP contribution in [0, 0.1) is 0 Å². The van der Waals surface area contributed by atoms with Crippen molar-refractivity contribution >= 4 is 0 Å². The van der Waals surface area contributed by atoms with Gasteiger partial charge in [0.2, 0.25) is 0 Å². The molecule has 0 aliphatic rings. The van der Waals surface area contributed by atoms with Gasteiger partial charge in [0.1, 0.15) is 11.5 Å². The molecule has 1 heterocycles. The molecule has 0 bridgehead atoms. The van der Waals surface area contributed by atoms with Crippen LogP contribution in [0.5, 0.6) is 11.5 Å². The van der Waals surface area contributed by atoms with E-state index in [1.54, 1.807) is 20.4 Å². The highest BCUT2D eigenvalue weighted by Gasteiger charge is 2.15. The minimum atomic E-state index is -0.258. The highest BCUT2D eigenvalue weighted by molar-refractivity contribution is 5.41. The molecule has 2 rings (SSSR count). The van der Waals surface area contributed by atoms with Crippen molar-refractivity contribution in [3.63, 3.8) is 0 Å². The fourth-order valence-corrected chi connectivity index (χ4v) is 2.05. The Morgan fingerprint density at radius 3 is 2.37 bits per heavy atom. The molecule has 1 aromatic carbocycles. The third-order valence-corrected chi connectivity index (χ3v) is 3.10. The molecule has 0 amide bonds. The molecule has 0 aliphatic carbocycles. The molecule has 19 heavy (non-hydrogen) atoms. The highest BCUT2D eigenvalue weighted by atomic mass is 16.5. The Hall–Kier alpha value is -2.01. The van der Waals surface area contributed by atoms with Gasteiger partial charge in [-0.05, 0) is 30.7 Å². The summed E-state index contributed by atoms with van der Waals surface area (Å²) in [5.74, 6) is 1.46. The van der Waals surface area contributed by atoms with Gasteiger partial charge in [0.15, 0.2) is 0 Å². The van der Waals surface area contributed by atoms with Crippen molar-refractivity contribution in [2.75, 3.05) is 14.2 Å². The number of rotatable bonds is 5. The highest BCUT2D eigenvalue weighted by Crippen LogP contribution is 2.28. The van der Waals surface area contributed by atoms with Crippen LogP contribution in [0.25, 0.3) is 0 Å². The zero-order valence-electron chi connectivity index (χ0n) is 11.5. The predicted octanol–water partition coefficient (Wildman–Crippen LogP) is 1.97. The first-order valence-electron chi connectivity index (χ1n) is 6.19. The second kappa shape index (κ2) is 5.75. The number of nitrogens with zero attached hydrogens (tertiary/aromatic N) is 2. The van der Waals surface area contributed by atoms with E-state index in [0.29, 0.717) is 0 Å². The Kier molecular flexibility index (Phi) is 4.06. The smallest absolute Gasteiger partial charge is 0.122 e. The van der Waals surface area contributed by atoms with Crippen molar-refractivity contribution < 1.29 is 9.47 Å². The maximum absolute atomic E-state index is 6.31. The van der Waals surface area contributed by atoms with E-state index in [9.17, 15) is 0 Å². The van der Waals surface area contributed by atoms with E-state index in [2.05, 4.69) is 5.10 Å². The summed E-state index contributed by atoms with van der Waals surface area (Å²) in [6, 6.07) is 7.33. The minimum Gasteiger partial charge on any atom is -0.497 e. The maximum Gasteiger partial charge on any atom is 0.122 e. The fraction of sp³-hybridized carbons (Fsp3) is 0.357. The molecule has 0 aliphatic heterocycles. The van der Waals surface area contributed by atoms with Crippen molar-refractivity contribution in [2.45, 2.75) is 19.5 Å². The van der Waals surface area contributed by atoms with Crippen molar-refractivity contribution in [1.29, 1.82) is 0 Å². The largest absolute Gasteiger partial charge is 0.497 e. The van der Waals surface area contributed by atoms with Crippen LogP contribution in [0.3, 0.4) is 0 Å². The number of ether oxygens (including phenoxy) is 2. The quantitative estimate of drug-likeness (QED) is 0.893. The van der Waals surface area contributed by atoms with E-state index in [1.165, 1.54) is 0 Å². The average molecular weight is 261 g/mol. The molecule has 102 valence electrons. The van der Waals surface area contributed by atoms with E-state index < -0.39 is 0 Å². The molecule has 0 saturated carbocycles. The maximum atomic E-state index is 6.31. The first-order chi connectivity index (χ1) is 9.19. The van der Waals surface area contributed by atoms with Crippen LogP contribution in [0.2, 0.25) is 0 Å².